The number of phosphoric acid groups is 1. The fraction of sp³-hybridized carbons (Fsp3) is 0.741. The molecule has 0 fully saturated rings. The maximum Gasteiger partial charge on any atom is 0.306 e. The zero-order valence-corrected chi connectivity index (χ0v) is 42.6. The Morgan fingerprint density at radius 2 is 0.859 bits per heavy atom. The van der Waals surface area contributed by atoms with E-state index in [1.807, 2.05) is 27.2 Å². The van der Waals surface area contributed by atoms with Crippen LogP contribution in [0.2, 0.25) is 0 Å². The van der Waals surface area contributed by atoms with Crippen molar-refractivity contribution in [3.05, 3.63) is 72.9 Å². The van der Waals surface area contributed by atoms with E-state index in [-0.39, 0.29) is 26.1 Å². The Morgan fingerprint density at radius 3 is 1.34 bits per heavy atom. The number of esters is 2. The van der Waals surface area contributed by atoms with Gasteiger partial charge in [0.1, 0.15) is 19.8 Å². The van der Waals surface area contributed by atoms with Crippen LogP contribution >= 0.6 is 7.82 Å². The average molecular weight is 918 g/mol. The summed E-state index contributed by atoms with van der Waals surface area (Å²) < 4.78 is 33.9. The van der Waals surface area contributed by atoms with Crippen LogP contribution in [0.5, 0.6) is 0 Å². The highest BCUT2D eigenvalue weighted by Crippen LogP contribution is 2.38. The largest absolute Gasteiger partial charge is 0.756 e. The van der Waals surface area contributed by atoms with Crippen molar-refractivity contribution in [1.82, 2.24) is 0 Å². The molecule has 9 nitrogen and oxygen atoms in total. The van der Waals surface area contributed by atoms with Gasteiger partial charge in [0, 0.05) is 12.8 Å². The van der Waals surface area contributed by atoms with Crippen LogP contribution < -0.4 is 4.89 Å². The average Bonchev–Trinajstić information content (AvgIpc) is 3.25. The van der Waals surface area contributed by atoms with Crippen molar-refractivity contribution in [2.45, 2.75) is 213 Å². The third-order valence-electron chi connectivity index (χ3n) is 10.7. The second-order valence-corrected chi connectivity index (χ2v) is 19.6. The minimum atomic E-state index is -4.66. The first-order valence-electron chi connectivity index (χ1n) is 25.6. The molecule has 0 aromatic carbocycles. The van der Waals surface area contributed by atoms with E-state index in [4.69, 9.17) is 18.5 Å². The zero-order chi connectivity index (χ0) is 47.1. The van der Waals surface area contributed by atoms with Gasteiger partial charge in [-0.25, -0.2) is 0 Å². The number of quaternary nitrogens is 1. The van der Waals surface area contributed by atoms with Crippen molar-refractivity contribution < 1.29 is 42.1 Å². The lowest BCUT2D eigenvalue weighted by atomic mass is 10.0. The van der Waals surface area contributed by atoms with Gasteiger partial charge in [-0.05, 0) is 83.5 Å². The number of carbonyl (C=O) groups excluding carboxylic acids is 2. The van der Waals surface area contributed by atoms with Crippen LogP contribution in [0.4, 0.5) is 0 Å². The minimum absolute atomic E-state index is 0.0497. The molecule has 0 aliphatic carbocycles. The van der Waals surface area contributed by atoms with E-state index in [1.54, 1.807) is 0 Å². The Kier molecular flexibility index (Phi) is 43.8. The lowest BCUT2D eigenvalue weighted by molar-refractivity contribution is -0.870. The van der Waals surface area contributed by atoms with Gasteiger partial charge in [-0.3, -0.25) is 14.2 Å². The van der Waals surface area contributed by atoms with Gasteiger partial charge in [-0.2, -0.15) is 0 Å². The van der Waals surface area contributed by atoms with Crippen LogP contribution in [0, 0.1) is 0 Å². The lowest BCUT2D eigenvalue weighted by Crippen LogP contribution is -2.37. The monoisotopic (exact) mass is 918 g/mol. The van der Waals surface area contributed by atoms with Crippen molar-refractivity contribution in [2.24, 2.45) is 0 Å². The van der Waals surface area contributed by atoms with E-state index in [0.29, 0.717) is 30.3 Å². The number of hydrogen-bond acceptors (Lipinski definition) is 8. The molecular weight excluding hydrogens is 822 g/mol. The van der Waals surface area contributed by atoms with E-state index in [0.717, 1.165) is 44.9 Å². The van der Waals surface area contributed by atoms with Gasteiger partial charge in [-0.15, -0.1) is 0 Å². The van der Waals surface area contributed by atoms with Gasteiger partial charge in [0.05, 0.1) is 27.7 Å². The molecule has 0 radical (unpaired) electrons. The number of allylic oxidation sites excluding steroid dienone is 12. The molecule has 0 aromatic heterocycles. The number of likely N-dealkylation sites (N-methyl/N-ethyl adjacent to an activating group) is 1. The van der Waals surface area contributed by atoms with Crippen molar-refractivity contribution in [3.8, 4) is 0 Å². The highest BCUT2D eigenvalue weighted by atomic mass is 31.2. The SMILES string of the molecule is CCCCC/C=C/C/C=C/C/C=C/C/C=C/CCCC(=O)O[C@@H](COC(=O)CCC/C=C/CC/C=C/CCCCCCCCCCCCCCCC)COP(=O)([O-])OCC[N+](C)(C)C. The zero-order valence-electron chi connectivity index (χ0n) is 41.7. The summed E-state index contributed by atoms with van der Waals surface area (Å²) >= 11 is 0. The maximum atomic E-state index is 12.7. The van der Waals surface area contributed by atoms with E-state index >= 15 is 0 Å². The summed E-state index contributed by atoms with van der Waals surface area (Å²) in [4.78, 5) is 37.6. The molecule has 64 heavy (non-hydrogen) atoms. The van der Waals surface area contributed by atoms with Crippen LogP contribution in [0.25, 0.3) is 0 Å². The quantitative estimate of drug-likeness (QED) is 0.0195. The second kappa shape index (κ2) is 45.6. The third kappa shape index (κ3) is 48.9. The molecule has 0 saturated carbocycles. The fourth-order valence-corrected chi connectivity index (χ4v) is 7.40. The first-order chi connectivity index (χ1) is 31.0. The summed E-state index contributed by atoms with van der Waals surface area (Å²) in [5.74, 6) is -0.951. The fourth-order valence-electron chi connectivity index (χ4n) is 6.67. The summed E-state index contributed by atoms with van der Waals surface area (Å²) in [7, 11) is 1.10. The Hall–Kier alpha value is -2.55. The number of ether oxygens (including phenoxy) is 2. The van der Waals surface area contributed by atoms with E-state index in [2.05, 4.69) is 80.7 Å². The van der Waals surface area contributed by atoms with Gasteiger partial charge >= 0.3 is 11.9 Å². The van der Waals surface area contributed by atoms with Crippen LogP contribution in [0.15, 0.2) is 72.9 Å². The second-order valence-electron chi connectivity index (χ2n) is 18.2. The van der Waals surface area contributed by atoms with Gasteiger partial charge in [-0.1, -0.05) is 183 Å². The molecule has 0 saturated heterocycles. The van der Waals surface area contributed by atoms with Crippen molar-refractivity contribution in [1.29, 1.82) is 0 Å². The Bertz CT molecular complexity index is 1310. The highest BCUT2D eigenvalue weighted by molar-refractivity contribution is 7.45. The van der Waals surface area contributed by atoms with Crippen LogP contribution in [0.3, 0.4) is 0 Å². The number of phosphoric ester groups is 1. The number of nitrogens with zero attached hydrogens (tertiary/aromatic N) is 1. The Morgan fingerprint density at radius 1 is 0.484 bits per heavy atom. The highest BCUT2D eigenvalue weighted by Gasteiger charge is 2.21. The molecule has 0 heterocycles. The maximum absolute atomic E-state index is 12.7. The molecule has 0 N–H and O–H groups in total. The van der Waals surface area contributed by atoms with Crippen molar-refractivity contribution >= 4 is 19.8 Å². The number of hydrogen-bond donors (Lipinski definition) is 0. The first-order valence-corrected chi connectivity index (χ1v) is 27.1. The number of rotatable bonds is 46. The summed E-state index contributed by atoms with van der Waals surface area (Å²) in [5, 5.41) is 0. The third-order valence-corrected chi connectivity index (χ3v) is 11.6. The summed E-state index contributed by atoms with van der Waals surface area (Å²) in [6.45, 7) is 4.10. The smallest absolute Gasteiger partial charge is 0.306 e. The standard InChI is InChI=1S/C54H96NO8P/c1-6-8-10-12-14-16-18-20-22-24-25-26-27-28-29-31-32-34-36-38-40-42-44-46-53(56)60-50-52(51-62-64(58,59)61-49-48-55(3,4)5)63-54(57)47-45-43-41-39-37-35-33-30-23-21-19-17-15-13-11-9-7-2/h15,17,21,23,31-33,35,38-41,52H,6-14,16,18-20,22,24-30,34,36-37,42-51H2,1-5H3/b17-15+,23-21+,32-31+,35-33+,40-38+,41-39+/t52-/m0/s1. The van der Waals surface area contributed by atoms with Crippen molar-refractivity contribution in [2.75, 3.05) is 47.5 Å². The number of carbonyl (C=O) groups is 2. The van der Waals surface area contributed by atoms with Crippen LogP contribution in [0.1, 0.15) is 206 Å². The Balaban J connectivity index is 4.37. The topological polar surface area (TPSA) is 111 Å². The predicted molar refractivity (Wildman–Crippen MR) is 268 cm³/mol. The van der Waals surface area contributed by atoms with Crippen LogP contribution in [-0.2, 0) is 32.7 Å². The van der Waals surface area contributed by atoms with Gasteiger partial charge in [0.15, 0.2) is 6.10 Å². The van der Waals surface area contributed by atoms with E-state index in [1.165, 1.54) is 116 Å². The predicted octanol–water partition coefficient (Wildman–Crippen LogP) is 14.7. The van der Waals surface area contributed by atoms with E-state index in [9.17, 15) is 19.0 Å². The molecule has 0 rings (SSSR count). The molecular formula is C54H96NO8P. The molecule has 0 aromatic rings. The Labute approximate surface area is 393 Å². The molecule has 10 heteroatoms. The summed E-state index contributed by atoms with van der Waals surface area (Å²) in [6.07, 6.45) is 58.2. The molecule has 0 aliphatic heterocycles. The van der Waals surface area contributed by atoms with Crippen molar-refractivity contribution in [3.63, 3.8) is 0 Å². The number of unbranched alkanes of at least 4 members (excludes halogenated alkanes) is 20. The molecule has 370 valence electrons. The first kappa shape index (κ1) is 61.5. The normalized spacial score (nSPS) is 14.0. The molecule has 0 bridgehead atoms. The van der Waals surface area contributed by atoms with Gasteiger partial charge < -0.3 is 27.9 Å². The minimum Gasteiger partial charge on any atom is -0.756 e. The van der Waals surface area contributed by atoms with Crippen LogP contribution in [-0.4, -0.2) is 70.0 Å². The van der Waals surface area contributed by atoms with Gasteiger partial charge in [0.2, 0.25) is 0 Å². The molecule has 0 spiro atoms. The summed E-state index contributed by atoms with van der Waals surface area (Å²) in [5.41, 5.74) is 0. The van der Waals surface area contributed by atoms with Gasteiger partial charge in [0.25, 0.3) is 7.82 Å². The van der Waals surface area contributed by atoms with E-state index < -0.39 is 32.5 Å². The molecule has 2 atom stereocenters. The summed E-state index contributed by atoms with van der Waals surface area (Å²) in [6, 6.07) is 0. The lowest BCUT2D eigenvalue weighted by Gasteiger charge is -2.28. The molecule has 1 unspecified atom stereocenters. The molecule has 0 amide bonds. The molecule has 0 aliphatic rings.